The Kier molecular flexibility index (Phi) is 10.6. The SMILES string of the molecule is Cc1cc(C)c2c(c1C)C1=Nc3c4c(C)c(C)cc(C)c4c4n3C35n6c(c7c(C)cc(C)c(C)c7c6=NC6=[N+]3C(=N4)c3c(C)cc(C)c(C)c36)=NC2=[N+]15.Cc1cc(C)c2c(c1C)C1=Nc3c4c(C)c(C)cc(C)c4c4n3[C@]35n6c(c7c(C)cc(C)c(C)c7c6=NC6=[N+]3C(=N4)c3c(C)c(C)cc(C)c36)=NC2=[N+]15. The Morgan fingerprint density at radius 1 is 0.198 bits per heavy atom. The fourth-order valence-corrected chi connectivity index (χ4v) is 21.8. The third-order valence-corrected chi connectivity index (χ3v) is 27.4. The van der Waals surface area contributed by atoms with Crippen LogP contribution in [0.5, 0.6) is 0 Å². The molecule has 0 radical (unpaired) electrons. The number of benzene rings is 8. The number of aryl methyl sites for hydroxylation is 20. The van der Waals surface area contributed by atoms with E-state index >= 15 is 0 Å². The monoisotopic (exact) mass is 1380 g/mol. The third-order valence-electron chi connectivity index (χ3n) is 27.4. The number of amidine groups is 8. The summed E-state index contributed by atoms with van der Waals surface area (Å²) in [5, 5.41) is 9.36. The second kappa shape index (κ2) is 18.4. The zero-order chi connectivity index (χ0) is 73.3. The van der Waals surface area contributed by atoms with Crippen LogP contribution in [0, 0.1) is 166 Å². The smallest absolute Gasteiger partial charge is 0.192 e. The molecule has 12 aliphatic heterocycles. The molecule has 12 aromatic rings. The van der Waals surface area contributed by atoms with Crippen molar-refractivity contribution in [2.75, 3.05) is 0 Å². The fraction of sp³-hybridized carbons (Fsp3) is 0.289. The van der Waals surface area contributed by atoms with Gasteiger partial charge in [-0.15, -0.1) is 18.3 Å². The van der Waals surface area contributed by atoms with Gasteiger partial charge in [-0.25, -0.2) is 0 Å². The van der Waals surface area contributed by atoms with Crippen molar-refractivity contribution in [3.8, 4) is 0 Å². The summed E-state index contributed by atoms with van der Waals surface area (Å²) in [7, 11) is 0. The molecule has 8 aromatic carbocycles. The van der Waals surface area contributed by atoms with Crippen LogP contribution in [-0.4, -0.2) is 83.3 Å². The molecule has 2 atom stereocenters. The molecule has 0 amide bonds. The molecule has 16 nitrogen and oxygen atoms in total. The molecule has 0 bridgehead atoms. The molecular formula is C90H80N16+4. The highest BCUT2D eigenvalue weighted by molar-refractivity contribution is 6.25. The summed E-state index contributed by atoms with van der Waals surface area (Å²) in [5.41, 5.74) is 42.8. The number of hydrogen-bond acceptors (Lipinski definition) is 8. The van der Waals surface area contributed by atoms with Crippen LogP contribution in [0.15, 0.2) is 88.5 Å². The second-order valence-corrected chi connectivity index (χ2v) is 33.0. The number of fused-ring (bicyclic) bond motifs is 24. The van der Waals surface area contributed by atoms with Crippen LogP contribution in [0.2, 0.25) is 0 Å². The highest BCUT2D eigenvalue weighted by Gasteiger charge is 2.73. The fourth-order valence-electron chi connectivity index (χ4n) is 21.8. The van der Waals surface area contributed by atoms with Crippen LogP contribution in [0.25, 0.3) is 43.1 Å². The summed E-state index contributed by atoms with van der Waals surface area (Å²) >= 11 is 0. The van der Waals surface area contributed by atoms with E-state index in [1.54, 1.807) is 0 Å². The first-order valence-corrected chi connectivity index (χ1v) is 37.6. The Bertz CT molecular complexity index is 7430. The molecule has 0 saturated heterocycles. The van der Waals surface area contributed by atoms with Crippen molar-refractivity contribution in [2.45, 2.75) is 178 Å². The van der Waals surface area contributed by atoms with Crippen molar-refractivity contribution >= 4 is 113 Å². The van der Waals surface area contributed by atoms with Crippen LogP contribution in [0.1, 0.15) is 178 Å². The predicted molar refractivity (Wildman–Crippen MR) is 421 cm³/mol. The Morgan fingerprint density at radius 3 is 0.745 bits per heavy atom. The van der Waals surface area contributed by atoms with E-state index in [-0.39, 0.29) is 0 Å². The van der Waals surface area contributed by atoms with Gasteiger partial charge in [0, 0.05) is 0 Å². The molecule has 0 saturated carbocycles. The average molecular weight is 1390 g/mol. The Hall–Kier alpha value is -11.5. The summed E-state index contributed by atoms with van der Waals surface area (Å²) < 4.78 is 19.7. The highest BCUT2D eigenvalue weighted by Crippen LogP contribution is 2.58. The van der Waals surface area contributed by atoms with Crippen molar-refractivity contribution < 1.29 is 18.3 Å². The quantitative estimate of drug-likeness (QED) is 0.134. The predicted octanol–water partition coefficient (Wildman–Crippen LogP) is 14.8. The molecular weight excluding hydrogens is 1310 g/mol. The topological polar surface area (TPSA) is 131 Å². The summed E-state index contributed by atoms with van der Waals surface area (Å²) in [5.74, 6) is 9.32. The van der Waals surface area contributed by atoms with E-state index in [4.69, 9.17) is 39.9 Å². The van der Waals surface area contributed by atoms with Crippen molar-refractivity contribution in [3.63, 3.8) is 0 Å². The van der Waals surface area contributed by atoms with Gasteiger partial charge in [-0.1, -0.05) is 88.5 Å². The normalized spacial score (nSPS) is 19.0. The summed E-state index contributed by atoms with van der Waals surface area (Å²) in [6.45, 7) is 53.7. The van der Waals surface area contributed by atoms with E-state index in [0.29, 0.717) is 0 Å². The summed E-state index contributed by atoms with van der Waals surface area (Å²) in [6, 6.07) is 18.6. The number of aliphatic imine (C=N–C) groups is 4. The molecule has 2 spiro atoms. The maximum atomic E-state index is 5.80. The van der Waals surface area contributed by atoms with E-state index < -0.39 is 11.8 Å². The van der Waals surface area contributed by atoms with Crippen molar-refractivity contribution in [3.05, 3.63) is 249 Å². The summed E-state index contributed by atoms with van der Waals surface area (Å²) in [6.07, 6.45) is 0. The number of nitrogens with zero attached hydrogens (tertiary/aromatic N) is 16. The lowest BCUT2D eigenvalue weighted by Gasteiger charge is -2.40. The molecule has 516 valence electrons. The highest BCUT2D eigenvalue weighted by atomic mass is 15.7. The maximum Gasteiger partial charge on any atom is 0.404 e. The molecule has 106 heavy (non-hydrogen) atoms. The molecule has 0 N–H and O–H groups in total. The Morgan fingerprint density at radius 2 is 0.425 bits per heavy atom. The molecule has 1 unspecified atom stereocenters. The van der Waals surface area contributed by atoms with E-state index in [0.717, 1.165) is 91.9 Å². The minimum absolute atomic E-state index is 0.942. The van der Waals surface area contributed by atoms with Gasteiger partial charge in [0.05, 0.1) is 87.6 Å². The third kappa shape index (κ3) is 6.09. The number of aromatic nitrogens is 4. The zero-order valence-electron chi connectivity index (χ0n) is 64.8. The van der Waals surface area contributed by atoms with Gasteiger partial charge >= 0.3 is 11.8 Å². The van der Waals surface area contributed by atoms with Crippen LogP contribution in [0.3, 0.4) is 0 Å². The Labute approximate surface area is 612 Å². The molecule has 24 rings (SSSR count). The van der Waals surface area contributed by atoms with E-state index in [9.17, 15) is 0 Å². The van der Waals surface area contributed by atoms with Gasteiger partial charge in [-0.3, -0.25) is 0 Å². The molecule has 0 fully saturated rings. The van der Waals surface area contributed by atoms with Crippen LogP contribution >= 0.6 is 0 Å². The number of rotatable bonds is 0. The first-order valence-electron chi connectivity index (χ1n) is 37.6. The van der Waals surface area contributed by atoms with Crippen LogP contribution in [-0.2, 0) is 11.8 Å². The van der Waals surface area contributed by atoms with E-state index in [1.165, 1.54) is 221 Å². The van der Waals surface area contributed by atoms with Crippen LogP contribution in [0.4, 0.5) is 23.3 Å². The van der Waals surface area contributed by atoms with Crippen LogP contribution < -0.4 is 22.0 Å². The minimum Gasteiger partial charge on any atom is -0.192 e. The first-order chi connectivity index (χ1) is 50.6. The van der Waals surface area contributed by atoms with Crippen molar-refractivity contribution in [1.29, 1.82) is 0 Å². The second-order valence-electron chi connectivity index (χ2n) is 33.0. The van der Waals surface area contributed by atoms with Gasteiger partial charge in [0.15, 0.2) is 0 Å². The largest absolute Gasteiger partial charge is 0.404 e. The lowest BCUT2D eigenvalue weighted by molar-refractivity contribution is -0.791. The van der Waals surface area contributed by atoms with Gasteiger partial charge in [-0.2, -0.15) is 18.3 Å². The lowest BCUT2D eigenvalue weighted by atomic mass is 9.93. The van der Waals surface area contributed by atoms with E-state index in [2.05, 4.69) is 251 Å². The van der Waals surface area contributed by atoms with Crippen molar-refractivity contribution in [1.82, 2.24) is 18.3 Å². The zero-order valence-corrected chi connectivity index (χ0v) is 64.8. The maximum absolute atomic E-state index is 5.80. The van der Waals surface area contributed by atoms with Crippen molar-refractivity contribution in [2.24, 2.45) is 39.9 Å². The standard InChI is InChI=1S/2C45H40N8/c1-17-13-21(5)29-33(25(17)9)41-47-39-31-23(7)15-18(2)26(10)34(31)42-48-40-32-24(8)16-20(4)28(12)36(32)44-49-43-35-27(11)19(3)14-22(6)30(35)38-46-37(29)50(41)45(51(38)43,52(39)42)53(40)44;1-17-13-21(5)29-33(25(17)9)41-48-42-34-26(10)18(2)14-22(6)30(34)39-47-40-32-24(8)16-20(4)28(12)36(32)44-49-43-35-27(11)19(3)15-23(7)31(35)38-46-37(29)50(41)45(51(39)42,52(38)43)53(40)44/h2*13-16H,1-12H3/q2*+2/t45-;/m0./s1. The van der Waals surface area contributed by atoms with Gasteiger partial charge in [0.25, 0.3) is 46.7 Å². The molecule has 12 aliphatic rings. The van der Waals surface area contributed by atoms with Gasteiger partial charge in [-0.05, 0) is 300 Å². The van der Waals surface area contributed by atoms with Gasteiger partial charge in [0.1, 0.15) is 0 Å². The molecule has 4 aromatic heterocycles. The van der Waals surface area contributed by atoms with Gasteiger partial charge in [0.2, 0.25) is 45.2 Å². The van der Waals surface area contributed by atoms with Gasteiger partial charge < -0.3 is 0 Å². The first kappa shape index (κ1) is 60.9. The number of hydrogen-bond donors (Lipinski definition) is 0. The molecule has 16 heterocycles. The summed E-state index contributed by atoms with van der Waals surface area (Å²) in [4.78, 5) is 46.3. The molecule has 0 aliphatic carbocycles. The molecule has 16 heteroatoms. The van der Waals surface area contributed by atoms with E-state index in [1.807, 2.05) is 0 Å². The Balaban J connectivity index is 0.000000129. The minimum atomic E-state index is -1.01. The average Bonchev–Trinajstić information content (AvgIpc) is 1.46. The lowest BCUT2D eigenvalue weighted by Crippen LogP contribution is -2.71.